The lowest BCUT2D eigenvalue weighted by Gasteiger charge is -2.43. The molecule has 10 atom stereocenters. The normalized spacial score (nSPS) is 18.7. The average molecular weight is 2150 g/mol. The van der Waals surface area contributed by atoms with E-state index in [-0.39, 0.29) is 32.3 Å². The van der Waals surface area contributed by atoms with Gasteiger partial charge in [0.25, 0.3) is 11.8 Å². The Morgan fingerprint density at radius 3 is 0.566 bits per heavy atom. The minimum absolute atomic E-state index is 0.0149. The number of carbonyl (C=O) groups excluding carboxylic acids is 2. The fraction of sp³-hybridized carbons (Fsp3) is 0.750. The molecule has 3 aromatic carbocycles. The second kappa shape index (κ2) is 73.0. The standard InChI is InChI=1S/C32H36N2O36S10.8C6H15N/c35-29(33-17-5-9-19(10-6-17)71-31-27(69-79(55,56)57)25(67-77(49,50)51)23(65-75(43,44)45)21(63-31)13-61-73(37,38)39)15-1-2-16(4-3-15)30(36)34-18-7-11-20(12-8-18)72-32-28(70-80(58,59)60)26(68-78(52,53)54)24(66-76(46,47)48)22(64-32)14-62-74(40,41)42;8*1-4-7(5-2)6-3/h1-12,21-28,31-32H,13-14H2,(H,33,35)(H,34,36)(H,37,38,39)(H,40,41,42)(H,43,44,45)(H,46,47,48)(H,49,50,51)(H,52,53,54)(H,55,56,57)(H,58,59,60);8*4-6H2,1-3H3/t21-,22-,23-,24-,25+,26+,27-,28-,31+,32+;;;;;;;;/m1......../s1. The Labute approximate surface area is 820 Å². The van der Waals surface area contributed by atoms with Crippen LogP contribution in [-0.4, -0.2) is 385 Å². The minimum Gasteiger partial charge on any atom is -0.356 e. The van der Waals surface area contributed by atoms with Gasteiger partial charge in [-0.2, -0.15) is 67.3 Å². The van der Waals surface area contributed by atoms with Crippen molar-refractivity contribution in [3.63, 3.8) is 0 Å². The van der Waals surface area contributed by atoms with Crippen molar-refractivity contribution in [2.45, 2.75) is 236 Å². The van der Waals surface area contributed by atoms with E-state index >= 15 is 0 Å². The molecule has 0 unspecified atom stereocenters. The molecule has 10 N–H and O–H groups in total. The summed E-state index contributed by atoms with van der Waals surface area (Å²) in [5, 5.41) is 4.98. The van der Waals surface area contributed by atoms with Crippen molar-refractivity contribution in [3.8, 4) is 0 Å². The molecule has 56 heteroatoms. The lowest BCUT2D eigenvalue weighted by molar-refractivity contribution is -0.183. The molecule has 3 aromatic rings. The highest BCUT2D eigenvalue weighted by Gasteiger charge is 2.56. The van der Waals surface area contributed by atoms with Crippen LogP contribution in [-0.2, 0) is 126 Å². The van der Waals surface area contributed by atoms with E-state index in [1.165, 1.54) is 230 Å². The molecule has 0 radical (unpaired) electrons. The number of hydrogen-bond acceptors (Lipinski definition) is 38. The fourth-order valence-electron chi connectivity index (χ4n) is 12.1. The second-order valence-electron chi connectivity index (χ2n) is 28.2. The first kappa shape index (κ1) is 138. The maximum atomic E-state index is 13.2. The molecule has 136 heavy (non-hydrogen) atoms. The van der Waals surface area contributed by atoms with Gasteiger partial charge in [0.2, 0.25) is 0 Å². The first-order valence-corrected chi connectivity index (χ1v) is 57.4. The highest BCUT2D eigenvalue weighted by Crippen LogP contribution is 2.41. The van der Waals surface area contributed by atoms with Gasteiger partial charge < -0.3 is 59.3 Å². The van der Waals surface area contributed by atoms with Gasteiger partial charge in [0.15, 0.2) is 0 Å². The van der Waals surface area contributed by atoms with Crippen LogP contribution >= 0.6 is 23.5 Å². The summed E-state index contributed by atoms with van der Waals surface area (Å²) >= 11 is 0.724. The number of ether oxygens (including phenoxy) is 2. The maximum absolute atomic E-state index is 13.2. The van der Waals surface area contributed by atoms with E-state index in [0.717, 1.165) is 0 Å². The van der Waals surface area contributed by atoms with E-state index in [1.54, 1.807) is 0 Å². The Kier molecular flexibility index (Phi) is 74.1. The molecule has 2 heterocycles. The molecule has 2 aliphatic heterocycles. The van der Waals surface area contributed by atoms with E-state index < -0.39 is 168 Å². The van der Waals surface area contributed by atoms with Gasteiger partial charge >= 0.3 is 83.2 Å². The summed E-state index contributed by atoms with van der Waals surface area (Å²) in [5.74, 6) is -1.58. The topological polar surface area (TPSA) is 611 Å². The first-order chi connectivity index (χ1) is 63.1. The van der Waals surface area contributed by atoms with Crippen LogP contribution < -0.4 is 10.6 Å². The zero-order valence-corrected chi connectivity index (χ0v) is 90.9. The molecular weight excluding hydrogens is 2000 g/mol. The monoisotopic (exact) mass is 2150 g/mol. The summed E-state index contributed by atoms with van der Waals surface area (Å²) in [6.45, 7) is 78.1. The molecule has 0 bridgehead atoms. The number of nitrogens with zero attached hydrogens (tertiary/aromatic N) is 8. The average Bonchev–Trinajstić information content (AvgIpc) is 0.772. The third-order valence-electron chi connectivity index (χ3n) is 20.2. The molecular formula is C80H156N10O36S10. The summed E-state index contributed by atoms with van der Waals surface area (Å²) in [4.78, 5) is 45.3. The van der Waals surface area contributed by atoms with Gasteiger partial charge in [-0.1, -0.05) is 190 Å². The van der Waals surface area contributed by atoms with Crippen LogP contribution in [0.15, 0.2) is 82.6 Å². The zero-order valence-electron chi connectivity index (χ0n) is 82.8. The molecule has 0 aromatic heterocycles. The molecule has 0 saturated carbocycles. The lowest BCUT2D eigenvalue weighted by Crippen LogP contribution is -2.61. The highest BCUT2D eigenvalue weighted by atomic mass is 32.3. The molecule has 2 amide bonds. The number of nitrogens with one attached hydrogen (secondary N) is 2. The smallest absolute Gasteiger partial charge is 0.356 e. The molecule has 46 nitrogen and oxygen atoms in total. The first-order valence-electron chi connectivity index (χ1n) is 44.7. The van der Waals surface area contributed by atoms with Crippen molar-refractivity contribution < 1.29 is 156 Å². The number of rotatable bonds is 50. The summed E-state index contributed by atoms with van der Waals surface area (Å²) in [6, 6.07) is 14.4. The van der Waals surface area contributed by atoms with Gasteiger partial charge in [-0.15, -0.1) is 0 Å². The molecule has 0 aliphatic carbocycles. The molecule has 0 spiro atoms. The summed E-state index contributed by atoms with van der Waals surface area (Å²) < 4.78 is 307. The zero-order chi connectivity index (χ0) is 106. The Morgan fingerprint density at radius 2 is 0.419 bits per heavy atom. The lowest BCUT2D eigenvalue weighted by atomic mass is 10.0. The molecule has 2 saturated heterocycles. The number of hydrogen-bond donors (Lipinski definition) is 10. The van der Waals surface area contributed by atoms with E-state index in [9.17, 15) is 104 Å². The second-order valence-corrected chi connectivity index (χ2v) is 39.0. The van der Waals surface area contributed by atoms with Crippen LogP contribution in [0.4, 0.5) is 11.4 Å². The molecule has 5 rings (SSSR count). The van der Waals surface area contributed by atoms with Crippen molar-refractivity contribution in [1.82, 2.24) is 39.2 Å². The van der Waals surface area contributed by atoms with Gasteiger partial charge in [0.1, 0.15) is 59.7 Å². The van der Waals surface area contributed by atoms with E-state index in [2.05, 4.69) is 249 Å². The van der Waals surface area contributed by atoms with Crippen LogP contribution in [0.25, 0.3) is 0 Å². The van der Waals surface area contributed by atoms with Crippen LogP contribution in [0, 0.1) is 0 Å². The van der Waals surface area contributed by atoms with Gasteiger partial charge in [-0.25, -0.2) is 33.5 Å². The van der Waals surface area contributed by atoms with Crippen molar-refractivity contribution in [2.75, 3.05) is 181 Å². The van der Waals surface area contributed by atoms with Crippen LogP contribution in [0.3, 0.4) is 0 Å². The fourth-order valence-corrected chi connectivity index (χ4v) is 18.0. The third-order valence-corrected chi connectivity index (χ3v) is 26.2. The predicted octanol–water partition coefficient (Wildman–Crippen LogP) is 9.38. The van der Waals surface area contributed by atoms with E-state index in [1.807, 2.05) is 0 Å². The Balaban J connectivity index is -0.00000124. The SMILES string of the molecule is CCN(CC)CC.CCN(CC)CC.CCN(CC)CC.CCN(CC)CC.CCN(CC)CC.CCN(CC)CC.CCN(CC)CC.CCN(CC)CC.O=C(Nc1ccc(S[C@@H]2O[C@H](COS(=O)(=O)O)[C@@H](OS(=O)(=O)O)[C@H](OS(=O)(=O)O)[C@H]2OS(=O)(=O)O)cc1)c1ccc(C(=O)Nc2ccc(S[C@@H]3O[C@H](COS(=O)(=O)O)[C@@H](OS(=O)(=O)O)[C@H](OS(=O)(=O)O)[C@H]3OS(=O)(=O)O)cc2)cc1. The minimum atomic E-state index is -5.77. The van der Waals surface area contributed by atoms with Crippen molar-refractivity contribution in [1.29, 1.82) is 0 Å². The maximum Gasteiger partial charge on any atom is 0.397 e. The largest absolute Gasteiger partial charge is 0.397 e. The number of amides is 2. The van der Waals surface area contributed by atoms with Crippen molar-refractivity contribution in [3.05, 3.63) is 83.9 Å². The van der Waals surface area contributed by atoms with Crippen molar-refractivity contribution in [2.24, 2.45) is 0 Å². The Morgan fingerprint density at radius 1 is 0.257 bits per heavy atom. The number of benzene rings is 3. The predicted molar refractivity (Wildman–Crippen MR) is 525 cm³/mol. The third kappa shape index (κ3) is 66.7. The van der Waals surface area contributed by atoms with Gasteiger partial charge in [0, 0.05) is 32.3 Å². The van der Waals surface area contributed by atoms with E-state index in [4.69, 9.17) is 18.6 Å². The number of anilines is 2. The van der Waals surface area contributed by atoms with Crippen molar-refractivity contribution >= 4 is 130 Å². The summed E-state index contributed by atoms with van der Waals surface area (Å²) in [7, 11) is -45.2. The molecule has 802 valence electrons. The highest BCUT2D eigenvalue weighted by molar-refractivity contribution is 8.00. The van der Waals surface area contributed by atoms with Gasteiger partial charge in [0.05, 0.1) is 13.2 Å². The molecule has 2 fully saturated rings. The Bertz CT molecular complexity index is 4200. The van der Waals surface area contributed by atoms with Crippen LogP contribution in [0.2, 0.25) is 0 Å². The molecule has 2 aliphatic rings. The van der Waals surface area contributed by atoms with Gasteiger partial charge in [-0.3, -0.25) is 46.0 Å². The quantitative estimate of drug-likeness (QED) is 0.0235. The summed E-state index contributed by atoms with van der Waals surface area (Å²) in [6.07, 6.45) is -20.5. The van der Waals surface area contributed by atoms with Crippen LogP contribution in [0.5, 0.6) is 0 Å². The van der Waals surface area contributed by atoms with E-state index in [0.29, 0.717) is 23.5 Å². The van der Waals surface area contributed by atoms with Crippen LogP contribution in [0.1, 0.15) is 187 Å². The Hall–Kier alpha value is -4.14. The van der Waals surface area contributed by atoms with Gasteiger partial charge in [-0.05, 0) is 230 Å². The number of thioether (sulfide) groups is 2. The number of carbonyl (C=O) groups is 2. The summed E-state index contributed by atoms with van der Waals surface area (Å²) in [5.41, 5.74) is -4.13.